The third-order valence-electron chi connectivity index (χ3n) is 6.47. The molecule has 2 rings (SSSR count). The first-order valence-electron chi connectivity index (χ1n) is 12.7. The molecule has 0 saturated heterocycles. The molecule has 0 radical (unpaired) electrons. The highest BCUT2D eigenvalue weighted by molar-refractivity contribution is 7.81. The fourth-order valence-corrected chi connectivity index (χ4v) is 4.86. The third-order valence-corrected chi connectivity index (χ3v) is 6.86. The lowest BCUT2D eigenvalue weighted by atomic mass is 9.73. The molecule has 0 aliphatic heterocycles. The molecule has 0 heterocycles. The van der Waals surface area contributed by atoms with Gasteiger partial charge in [-0.05, 0) is 76.2 Å². The Morgan fingerprint density at radius 1 is 1.20 bits per heavy atom. The lowest BCUT2D eigenvalue weighted by molar-refractivity contribution is 0.208. The largest absolute Gasteiger partial charge is 0.507 e. The summed E-state index contributed by atoms with van der Waals surface area (Å²) in [4.78, 5) is 2.18. The number of aromatic hydroxyl groups is 1. The maximum Gasteiger partial charge on any atom is 0.446 e. The van der Waals surface area contributed by atoms with E-state index < -0.39 is 10.4 Å². The van der Waals surface area contributed by atoms with E-state index in [1.807, 2.05) is 19.9 Å². The molecule has 8 heteroatoms. The van der Waals surface area contributed by atoms with Crippen molar-refractivity contribution in [2.45, 2.75) is 79.1 Å². The van der Waals surface area contributed by atoms with E-state index >= 15 is 0 Å². The average molecular weight is 512 g/mol. The molecule has 1 aromatic rings. The summed E-state index contributed by atoms with van der Waals surface area (Å²) in [5.74, 6) is -0.206. The Hall–Kier alpha value is -1.87. The number of unbranched alkanes of at least 4 members (excludes halogenated alkanes) is 2. The molecule has 0 aromatic heterocycles. The number of rotatable bonds is 12. The molecular weight excluding hydrogens is 466 g/mol. The van der Waals surface area contributed by atoms with Crippen LogP contribution in [0.2, 0.25) is 0 Å². The highest BCUT2D eigenvalue weighted by atomic mass is 32.3. The van der Waals surface area contributed by atoms with Gasteiger partial charge in [0.2, 0.25) is 0 Å². The van der Waals surface area contributed by atoms with E-state index in [0.29, 0.717) is 12.0 Å². The summed E-state index contributed by atoms with van der Waals surface area (Å²) in [7, 11) is -4.70. The van der Waals surface area contributed by atoms with E-state index in [1.54, 1.807) is 12.1 Å². The number of hydrogen-bond donors (Lipinski definition) is 3. The third kappa shape index (κ3) is 10.7. The lowest BCUT2D eigenvalue weighted by Gasteiger charge is -2.32. The molecule has 1 aliphatic carbocycles. The molecule has 0 amide bonds. The summed E-state index contributed by atoms with van der Waals surface area (Å²) in [5, 5.41) is 19.2. The number of benzene rings is 1. The SMILES string of the molecule is C=C(C)[C@@H]1CCC(C)=C[C@H]1c1c(O)cc(CCCCC)cc1OS(=O)(=O)O.CCN(CC)CCO. The second kappa shape index (κ2) is 15.3. The molecule has 0 saturated carbocycles. The van der Waals surface area contributed by atoms with Gasteiger partial charge in [0.1, 0.15) is 5.75 Å². The topological polar surface area (TPSA) is 107 Å². The fraction of sp³-hybridized carbons (Fsp3) is 0.630. The van der Waals surface area contributed by atoms with Gasteiger partial charge in [-0.15, -0.1) is 0 Å². The van der Waals surface area contributed by atoms with E-state index in [0.717, 1.165) is 62.9 Å². The highest BCUT2D eigenvalue weighted by Crippen LogP contribution is 2.47. The number of aliphatic hydroxyl groups is 1. The van der Waals surface area contributed by atoms with Gasteiger partial charge in [-0.2, -0.15) is 8.42 Å². The number of nitrogens with zero attached hydrogens (tertiary/aromatic N) is 1. The number of phenolic OH excluding ortho intramolecular Hbond substituents is 1. The molecule has 0 spiro atoms. The second-order valence-electron chi connectivity index (χ2n) is 9.28. The first-order valence-corrected chi connectivity index (χ1v) is 14.0. The van der Waals surface area contributed by atoms with Crippen molar-refractivity contribution in [2.75, 3.05) is 26.2 Å². The molecule has 200 valence electrons. The van der Waals surface area contributed by atoms with Gasteiger partial charge in [0, 0.05) is 18.0 Å². The second-order valence-corrected chi connectivity index (χ2v) is 10.3. The summed E-state index contributed by atoms with van der Waals surface area (Å²) >= 11 is 0. The molecule has 3 N–H and O–H groups in total. The van der Waals surface area contributed by atoms with Gasteiger partial charge < -0.3 is 19.3 Å². The number of hydrogen-bond acceptors (Lipinski definition) is 6. The Morgan fingerprint density at radius 3 is 2.34 bits per heavy atom. The number of allylic oxidation sites excluding steroid dienone is 3. The highest BCUT2D eigenvalue weighted by Gasteiger charge is 2.31. The van der Waals surface area contributed by atoms with Gasteiger partial charge in [0.05, 0.1) is 6.61 Å². The molecule has 1 aliphatic rings. The first kappa shape index (κ1) is 31.2. The number of likely N-dealkylation sites (N-methyl/N-ethyl adjacent to an activating group) is 1. The summed E-state index contributed by atoms with van der Waals surface area (Å²) in [6, 6.07) is 3.29. The number of aliphatic hydroxyl groups excluding tert-OH is 1. The molecule has 35 heavy (non-hydrogen) atoms. The first-order chi connectivity index (χ1) is 16.5. The van der Waals surface area contributed by atoms with Crippen LogP contribution in [0.5, 0.6) is 11.5 Å². The Bertz CT molecular complexity index is 937. The minimum atomic E-state index is -4.70. The molecule has 0 bridgehead atoms. The van der Waals surface area contributed by atoms with Gasteiger partial charge in [0.25, 0.3) is 0 Å². The van der Waals surface area contributed by atoms with E-state index in [1.165, 1.54) is 5.57 Å². The molecular formula is C27H45NO6S. The minimum absolute atomic E-state index is 0.00815. The maximum absolute atomic E-state index is 11.4. The standard InChI is InChI=1S/C21H30O5S.C6H15NO/c1-5-6-7-8-16-12-19(22)21(20(13-16)26-27(23,24)25)18-11-15(4)9-10-17(18)14(2)3;1-3-7(4-2)5-6-8/h11-13,17-18,22H,2,5-10H2,1,3-4H3,(H,23,24,25);8H,3-6H2,1-2H3/t17-,18+;/m0./s1. The Labute approximate surface area is 212 Å². The molecule has 0 fully saturated rings. The van der Waals surface area contributed by atoms with Gasteiger partial charge in [-0.1, -0.05) is 57.4 Å². The van der Waals surface area contributed by atoms with Crippen LogP contribution in [0.3, 0.4) is 0 Å². The van der Waals surface area contributed by atoms with Crippen LogP contribution in [0.25, 0.3) is 0 Å². The van der Waals surface area contributed by atoms with Crippen molar-refractivity contribution in [3.8, 4) is 11.5 Å². The van der Waals surface area contributed by atoms with Crippen molar-refractivity contribution in [3.05, 3.63) is 47.1 Å². The Balaban J connectivity index is 0.000000658. The fourth-order valence-electron chi connectivity index (χ4n) is 4.50. The van der Waals surface area contributed by atoms with Crippen LogP contribution in [-0.2, 0) is 16.8 Å². The zero-order valence-electron chi connectivity index (χ0n) is 22.1. The summed E-state index contributed by atoms with van der Waals surface area (Å²) < 4.78 is 37.0. The smallest absolute Gasteiger partial charge is 0.446 e. The van der Waals surface area contributed by atoms with Crippen molar-refractivity contribution >= 4 is 10.4 Å². The predicted molar refractivity (Wildman–Crippen MR) is 142 cm³/mol. The summed E-state index contributed by atoms with van der Waals surface area (Å²) in [5.41, 5.74) is 3.31. The lowest BCUT2D eigenvalue weighted by Crippen LogP contribution is -2.25. The molecule has 0 unspecified atom stereocenters. The summed E-state index contributed by atoms with van der Waals surface area (Å²) in [6.07, 6.45) is 7.56. The molecule has 7 nitrogen and oxygen atoms in total. The molecule has 1 aromatic carbocycles. The number of phenols is 1. The van der Waals surface area contributed by atoms with Crippen LogP contribution in [-0.4, -0.2) is 54.3 Å². The van der Waals surface area contributed by atoms with Crippen LogP contribution in [0.15, 0.2) is 35.9 Å². The van der Waals surface area contributed by atoms with Crippen LogP contribution < -0.4 is 4.18 Å². The van der Waals surface area contributed by atoms with Crippen molar-refractivity contribution in [3.63, 3.8) is 0 Å². The maximum atomic E-state index is 11.4. The predicted octanol–water partition coefficient (Wildman–Crippen LogP) is 5.64. The van der Waals surface area contributed by atoms with Crippen molar-refractivity contribution < 1.29 is 27.4 Å². The Kier molecular flexibility index (Phi) is 13.6. The van der Waals surface area contributed by atoms with E-state index in [2.05, 4.69) is 32.3 Å². The zero-order valence-corrected chi connectivity index (χ0v) is 22.9. The van der Waals surface area contributed by atoms with Crippen molar-refractivity contribution in [2.24, 2.45) is 5.92 Å². The van der Waals surface area contributed by atoms with Crippen molar-refractivity contribution in [1.29, 1.82) is 0 Å². The van der Waals surface area contributed by atoms with Crippen LogP contribution in [0, 0.1) is 5.92 Å². The Morgan fingerprint density at radius 2 is 1.86 bits per heavy atom. The normalized spacial score (nSPS) is 18.0. The van der Waals surface area contributed by atoms with Crippen molar-refractivity contribution in [1.82, 2.24) is 4.90 Å². The molecule has 2 atom stereocenters. The minimum Gasteiger partial charge on any atom is -0.507 e. The van der Waals surface area contributed by atoms with Gasteiger partial charge in [0.15, 0.2) is 5.75 Å². The average Bonchev–Trinajstić information content (AvgIpc) is 2.76. The van der Waals surface area contributed by atoms with Crippen LogP contribution >= 0.6 is 0 Å². The van der Waals surface area contributed by atoms with Crippen LogP contribution in [0.1, 0.15) is 83.8 Å². The monoisotopic (exact) mass is 511 g/mol. The van der Waals surface area contributed by atoms with Gasteiger partial charge in [-0.25, -0.2) is 0 Å². The van der Waals surface area contributed by atoms with Gasteiger partial charge in [-0.3, -0.25) is 4.55 Å². The summed E-state index contributed by atoms with van der Waals surface area (Å²) in [6.45, 7) is 17.5. The van der Waals surface area contributed by atoms with Gasteiger partial charge >= 0.3 is 10.4 Å². The zero-order chi connectivity index (χ0) is 26.6. The van der Waals surface area contributed by atoms with E-state index in [9.17, 15) is 18.1 Å². The van der Waals surface area contributed by atoms with E-state index in [4.69, 9.17) is 9.29 Å². The van der Waals surface area contributed by atoms with Crippen LogP contribution in [0.4, 0.5) is 0 Å². The quantitative estimate of drug-likeness (QED) is 0.189. The number of aryl methyl sites for hydroxylation is 1. The van der Waals surface area contributed by atoms with E-state index in [-0.39, 0.29) is 29.9 Å².